The van der Waals surface area contributed by atoms with E-state index >= 15 is 0 Å². The first-order valence-electron chi connectivity index (χ1n) is 7.67. The molecule has 0 spiro atoms. The predicted octanol–water partition coefficient (Wildman–Crippen LogP) is 2.46. The van der Waals surface area contributed by atoms with E-state index < -0.39 is 5.97 Å². The lowest BCUT2D eigenvalue weighted by Gasteiger charge is -2.07. The Morgan fingerprint density at radius 1 is 1.04 bits per heavy atom. The molecule has 0 aromatic heterocycles. The maximum absolute atomic E-state index is 11.8. The molecule has 0 bridgehead atoms. The Balaban J connectivity index is 1.65. The van der Waals surface area contributed by atoms with E-state index in [-0.39, 0.29) is 12.5 Å². The van der Waals surface area contributed by atoms with Gasteiger partial charge in [-0.2, -0.15) is 5.26 Å². The van der Waals surface area contributed by atoms with Crippen LogP contribution in [0.3, 0.4) is 0 Å². The molecule has 0 radical (unpaired) electrons. The van der Waals surface area contributed by atoms with Crippen molar-refractivity contribution in [1.29, 1.82) is 5.26 Å². The quantitative estimate of drug-likeness (QED) is 0.627. The molecule has 122 valence electrons. The lowest BCUT2D eigenvalue weighted by atomic mass is 10.1. The molecule has 0 fully saturated rings. The molecular weight excluding hydrogens is 304 g/mol. The zero-order chi connectivity index (χ0) is 17.2. The van der Waals surface area contributed by atoms with Gasteiger partial charge in [0.15, 0.2) is 6.61 Å². The second kappa shape index (κ2) is 9.11. The molecule has 0 aliphatic carbocycles. The van der Waals surface area contributed by atoms with Gasteiger partial charge in [-0.25, -0.2) is 4.79 Å². The minimum atomic E-state index is -0.584. The molecule has 2 aromatic rings. The number of aryl methyl sites for hydroxylation is 1. The van der Waals surface area contributed by atoms with Gasteiger partial charge in [0.2, 0.25) is 0 Å². The molecule has 0 saturated heterocycles. The van der Waals surface area contributed by atoms with Crippen molar-refractivity contribution in [1.82, 2.24) is 5.32 Å². The molecule has 0 unspecified atom stereocenters. The number of nitrogens with zero attached hydrogens (tertiary/aromatic N) is 1. The Bertz CT molecular complexity index is 719. The Hall–Kier alpha value is -3.13. The molecule has 0 atom stereocenters. The minimum Gasteiger partial charge on any atom is -0.452 e. The first-order valence-corrected chi connectivity index (χ1v) is 7.67. The number of hydrogen-bond acceptors (Lipinski definition) is 4. The molecule has 0 saturated carbocycles. The summed E-state index contributed by atoms with van der Waals surface area (Å²) in [7, 11) is 0. The Morgan fingerprint density at radius 3 is 2.42 bits per heavy atom. The van der Waals surface area contributed by atoms with E-state index in [1.807, 2.05) is 36.4 Å². The fourth-order valence-electron chi connectivity index (χ4n) is 2.11. The van der Waals surface area contributed by atoms with E-state index in [9.17, 15) is 9.59 Å². The average molecular weight is 322 g/mol. The summed E-state index contributed by atoms with van der Waals surface area (Å²) in [6, 6.07) is 18.0. The van der Waals surface area contributed by atoms with Crippen LogP contribution in [-0.2, 0) is 16.0 Å². The molecular formula is C19H18N2O3. The highest BCUT2D eigenvalue weighted by atomic mass is 16.5. The van der Waals surface area contributed by atoms with Gasteiger partial charge in [-0.3, -0.25) is 4.79 Å². The van der Waals surface area contributed by atoms with Crippen LogP contribution in [0.5, 0.6) is 0 Å². The maximum Gasteiger partial charge on any atom is 0.338 e. The first kappa shape index (κ1) is 17.2. The van der Waals surface area contributed by atoms with Gasteiger partial charge in [-0.1, -0.05) is 30.3 Å². The molecule has 24 heavy (non-hydrogen) atoms. The third-order valence-electron chi connectivity index (χ3n) is 3.39. The lowest BCUT2D eigenvalue weighted by Crippen LogP contribution is -2.29. The van der Waals surface area contributed by atoms with Gasteiger partial charge >= 0.3 is 5.97 Å². The first-order chi connectivity index (χ1) is 11.7. The van der Waals surface area contributed by atoms with Crippen molar-refractivity contribution in [2.45, 2.75) is 12.8 Å². The van der Waals surface area contributed by atoms with Crippen molar-refractivity contribution in [3.8, 4) is 6.07 Å². The fourth-order valence-corrected chi connectivity index (χ4v) is 2.11. The molecule has 1 N–H and O–H groups in total. The second-order valence-corrected chi connectivity index (χ2v) is 5.20. The van der Waals surface area contributed by atoms with E-state index in [1.165, 1.54) is 29.8 Å². The van der Waals surface area contributed by atoms with Crippen molar-refractivity contribution in [3.05, 3.63) is 71.3 Å². The molecule has 0 aliphatic heterocycles. The Morgan fingerprint density at radius 2 is 1.75 bits per heavy atom. The van der Waals surface area contributed by atoms with Gasteiger partial charge in [0.05, 0.1) is 17.2 Å². The van der Waals surface area contributed by atoms with Crippen molar-refractivity contribution in [2.24, 2.45) is 0 Å². The standard InChI is InChI=1S/C19H18N2O3/c20-13-16-8-10-17(11-9-16)19(23)24-14-18(22)21-12-4-7-15-5-2-1-3-6-15/h1-3,5-6,8-11H,4,7,12,14H2,(H,21,22). The number of ether oxygens (including phenoxy) is 1. The van der Waals surface area contributed by atoms with Crippen LogP contribution in [0.4, 0.5) is 0 Å². The summed E-state index contributed by atoms with van der Waals surface area (Å²) in [5, 5.41) is 11.4. The number of esters is 1. The SMILES string of the molecule is N#Cc1ccc(C(=O)OCC(=O)NCCCc2ccccc2)cc1. The molecule has 2 rings (SSSR count). The van der Waals surface area contributed by atoms with Crippen LogP contribution in [0.2, 0.25) is 0 Å². The van der Waals surface area contributed by atoms with E-state index in [4.69, 9.17) is 10.00 Å². The average Bonchev–Trinajstić information content (AvgIpc) is 2.64. The molecule has 2 aromatic carbocycles. The molecule has 0 heterocycles. The lowest BCUT2D eigenvalue weighted by molar-refractivity contribution is -0.124. The van der Waals surface area contributed by atoms with E-state index in [1.54, 1.807) is 0 Å². The van der Waals surface area contributed by atoms with Crippen molar-refractivity contribution >= 4 is 11.9 Å². The monoisotopic (exact) mass is 322 g/mol. The number of hydrogen-bond donors (Lipinski definition) is 1. The summed E-state index contributed by atoms with van der Waals surface area (Å²) in [6.45, 7) is 0.215. The molecule has 0 aliphatic rings. The highest BCUT2D eigenvalue weighted by Gasteiger charge is 2.09. The maximum atomic E-state index is 11.8. The third kappa shape index (κ3) is 5.58. The van der Waals surface area contributed by atoms with E-state index in [0.29, 0.717) is 17.7 Å². The highest BCUT2D eigenvalue weighted by molar-refractivity contribution is 5.91. The topological polar surface area (TPSA) is 79.2 Å². The number of carbonyl (C=O) groups is 2. The number of benzene rings is 2. The largest absolute Gasteiger partial charge is 0.452 e. The number of rotatable bonds is 7. The van der Waals surface area contributed by atoms with Crippen molar-refractivity contribution < 1.29 is 14.3 Å². The Kier molecular flexibility index (Phi) is 6.54. The summed E-state index contributed by atoms with van der Waals surface area (Å²) in [6.07, 6.45) is 1.70. The zero-order valence-electron chi connectivity index (χ0n) is 13.2. The smallest absolute Gasteiger partial charge is 0.338 e. The van der Waals surface area contributed by atoms with Crippen LogP contribution >= 0.6 is 0 Å². The molecule has 5 heteroatoms. The van der Waals surface area contributed by atoms with Crippen LogP contribution < -0.4 is 5.32 Å². The van der Waals surface area contributed by atoms with Crippen LogP contribution in [0.15, 0.2) is 54.6 Å². The number of nitrogens with one attached hydrogen (secondary N) is 1. The summed E-state index contributed by atoms with van der Waals surface area (Å²) < 4.78 is 4.94. The minimum absolute atomic E-state index is 0.311. The normalized spacial score (nSPS) is 9.79. The highest BCUT2D eigenvalue weighted by Crippen LogP contribution is 2.05. The number of carbonyl (C=O) groups excluding carboxylic acids is 2. The van der Waals surface area contributed by atoms with Crippen LogP contribution in [0, 0.1) is 11.3 Å². The van der Waals surface area contributed by atoms with Crippen LogP contribution in [-0.4, -0.2) is 25.0 Å². The third-order valence-corrected chi connectivity index (χ3v) is 3.39. The van der Waals surface area contributed by atoms with Crippen LogP contribution in [0.25, 0.3) is 0 Å². The summed E-state index contributed by atoms with van der Waals surface area (Å²) in [4.78, 5) is 23.4. The Labute approximate surface area is 140 Å². The van der Waals surface area contributed by atoms with Gasteiger partial charge in [0.25, 0.3) is 5.91 Å². The summed E-state index contributed by atoms with van der Waals surface area (Å²) in [5.74, 6) is -0.913. The predicted molar refractivity (Wildman–Crippen MR) is 89.2 cm³/mol. The van der Waals surface area contributed by atoms with Gasteiger partial charge in [0, 0.05) is 6.54 Å². The zero-order valence-corrected chi connectivity index (χ0v) is 13.2. The number of nitriles is 1. The van der Waals surface area contributed by atoms with Crippen molar-refractivity contribution in [2.75, 3.05) is 13.2 Å². The van der Waals surface area contributed by atoms with Gasteiger partial charge in [-0.15, -0.1) is 0 Å². The molecule has 1 amide bonds. The van der Waals surface area contributed by atoms with E-state index in [0.717, 1.165) is 12.8 Å². The van der Waals surface area contributed by atoms with Crippen molar-refractivity contribution in [3.63, 3.8) is 0 Å². The van der Waals surface area contributed by atoms with Crippen LogP contribution in [0.1, 0.15) is 27.9 Å². The second-order valence-electron chi connectivity index (χ2n) is 5.20. The van der Waals surface area contributed by atoms with Gasteiger partial charge in [-0.05, 0) is 42.7 Å². The summed E-state index contributed by atoms with van der Waals surface area (Å²) >= 11 is 0. The van der Waals surface area contributed by atoms with E-state index in [2.05, 4.69) is 5.32 Å². The van der Waals surface area contributed by atoms with Gasteiger partial charge in [0.1, 0.15) is 0 Å². The van der Waals surface area contributed by atoms with Gasteiger partial charge < -0.3 is 10.1 Å². The molecule has 5 nitrogen and oxygen atoms in total. The fraction of sp³-hybridized carbons (Fsp3) is 0.211. The summed E-state index contributed by atoms with van der Waals surface area (Å²) in [5.41, 5.74) is 1.99. The number of amides is 1.